The zero-order valence-corrected chi connectivity index (χ0v) is 27.5. The highest BCUT2D eigenvalue weighted by Gasteiger charge is 2.18. The maximum Gasteiger partial charge on any atom is 0.167 e. The van der Waals surface area contributed by atoms with Crippen molar-refractivity contribution in [2.75, 3.05) is 0 Å². The number of aromatic nitrogens is 3. The minimum atomic E-state index is 0.561. The maximum absolute atomic E-state index is 6.46. The number of nitrogens with zero attached hydrogens (tertiary/aromatic N) is 3. The van der Waals surface area contributed by atoms with Crippen LogP contribution in [0.5, 0.6) is 0 Å². The third-order valence-corrected chi connectivity index (χ3v) is 9.72. The molecule has 8 aromatic carbocycles. The van der Waals surface area contributed by atoms with Gasteiger partial charge in [0.2, 0.25) is 0 Å². The lowest BCUT2D eigenvalue weighted by atomic mass is 9.96. The van der Waals surface area contributed by atoms with Gasteiger partial charge in [-0.05, 0) is 68.1 Å². The Kier molecular flexibility index (Phi) is 6.78. The fraction of sp³-hybridized carbons (Fsp3) is 0. The zero-order chi connectivity index (χ0) is 33.7. The summed E-state index contributed by atoms with van der Waals surface area (Å²) in [6, 6.07) is 61.1. The minimum Gasteiger partial charge on any atom is -0.455 e. The maximum atomic E-state index is 6.46. The molecule has 0 radical (unpaired) electrons. The molecule has 0 fully saturated rings. The van der Waals surface area contributed by atoms with E-state index in [0.29, 0.717) is 17.5 Å². The highest BCUT2D eigenvalue weighted by atomic mass is 16.3. The summed E-state index contributed by atoms with van der Waals surface area (Å²) in [6.45, 7) is 0. The monoisotopic (exact) mass is 651 g/mol. The molecular weight excluding hydrogens is 623 g/mol. The van der Waals surface area contributed by atoms with Gasteiger partial charge in [-0.3, -0.25) is 0 Å². The van der Waals surface area contributed by atoms with E-state index in [0.717, 1.165) is 49.8 Å². The van der Waals surface area contributed by atoms with Gasteiger partial charge >= 0.3 is 0 Å². The van der Waals surface area contributed by atoms with E-state index in [-0.39, 0.29) is 0 Å². The van der Waals surface area contributed by atoms with Crippen LogP contribution in [0.3, 0.4) is 0 Å². The highest BCUT2D eigenvalue weighted by molar-refractivity contribution is 6.09. The lowest BCUT2D eigenvalue weighted by Crippen LogP contribution is -2.00. The fourth-order valence-electron chi connectivity index (χ4n) is 7.28. The molecule has 0 amide bonds. The Morgan fingerprint density at radius 2 is 0.745 bits per heavy atom. The van der Waals surface area contributed by atoms with Crippen molar-refractivity contribution < 1.29 is 4.42 Å². The van der Waals surface area contributed by atoms with Crippen LogP contribution in [0.25, 0.3) is 99.9 Å². The van der Waals surface area contributed by atoms with Crippen LogP contribution in [0.1, 0.15) is 0 Å². The number of benzene rings is 8. The normalized spacial score (nSPS) is 11.5. The van der Waals surface area contributed by atoms with Gasteiger partial charge in [-0.25, -0.2) is 15.0 Å². The van der Waals surface area contributed by atoms with Gasteiger partial charge in [-0.2, -0.15) is 0 Å². The largest absolute Gasteiger partial charge is 0.455 e. The third kappa shape index (κ3) is 5.04. The first kappa shape index (κ1) is 29.0. The Bertz CT molecular complexity index is 2790. The predicted octanol–water partition coefficient (Wildman–Crippen LogP) is 12.4. The number of furan rings is 1. The van der Waals surface area contributed by atoms with Crippen LogP contribution >= 0.6 is 0 Å². The molecule has 0 aliphatic carbocycles. The molecule has 0 bridgehead atoms. The van der Waals surface area contributed by atoms with Gasteiger partial charge in [0.15, 0.2) is 17.5 Å². The summed E-state index contributed by atoms with van der Waals surface area (Å²) in [7, 11) is 0. The molecule has 0 unspecified atom stereocenters. The SMILES string of the molecule is c1cc(-c2nc(-c3cccc(-c4cccc5ccccc45)c3)nc(-c3cccc4c3oc3ccccc34)n2)cc(-c2cccc3ccccc23)c1. The van der Waals surface area contributed by atoms with Crippen LogP contribution in [-0.4, -0.2) is 15.0 Å². The first-order valence-electron chi connectivity index (χ1n) is 17.1. The van der Waals surface area contributed by atoms with Crippen LogP contribution in [0.4, 0.5) is 0 Å². The second-order valence-corrected chi connectivity index (χ2v) is 12.8. The fourth-order valence-corrected chi connectivity index (χ4v) is 7.28. The highest BCUT2D eigenvalue weighted by Crippen LogP contribution is 2.37. The molecule has 0 aliphatic heterocycles. The quantitative estimate of drug-likeness (QED) is 0.186. The molecule has 0 N–H and O–H groups in total. The predicted molar refractivity (Wildman–Crippen MR) is 209 cm³/mol. The Labute approximate surface area is 294 Å². The number of para-hydroxylation sites is 2. The Morgan fingerprint density at radius 3 is 1.37 bits per heavy atom. The summed E-state index contributed by atoms with van der Waals surface area (Å²) in [6.07, 6.45) is 0. The third-order valence-electron chi connectivity index (χ3n) is 9.72. The van der Waals surface area contributed by atoms with E-state index in [1.165, 1.54) is 32.7 Å². The van der Waals surface area contributed by atoms with Crippen molar-refractivity contribution in [2.45, 2.75) is 0 Å². The first-order chi connectivity index (χ1) is 25.3. The average molecular weight is 652 g/mol. The molecule has 2 heterocycles. The molecule has 4 nitrogen and oxygen atoms in total. The summed E-state index contributed by atoms with van der Waals surface area (Å²) in [5.74, 6) is 1.76. The van der Waals surface area contributed by atoms with Gasteiger partial charge in [0.1, 0.15) is 11.2 Å². The Balaban J connectivity index is 1.18. The van der Waals surface area contributed by atoms with Crippen molar-refractivity contribution in [1.29, 1.82) is 0 Å². The van der Waals surface area contributed by atoms with E-state index in [1.54, 1.807) is 0 Å². The molecule has 2 aromatic heterocycles. The van der Waals surface area contributed by atoms with Crippen LogP contribution in [0.15, 0.2) is 180 Å². The lowest BCUT2D eigenvalue weighted by Gasteiger charge is -2.12. The van der Waals surface area contributed by atoms with Crippen LogP contribution in [0.2, 0.25) is 0 Å². The molecule has 0 saturated carbocycles. The summed E-state index contributed by atoms with van der Waals surface area (Å²) in [4.78, 5) is 15.5. The topological polar surface area (TPSA) is 51.8 Å². The van der Waals surface area contributed by atoms with E-state index in [9.17, 15) is 0 Å². The molecule has 0 saturated heterocycles. The second kappa shape index (κ2) is 11.9. The van der Waals surface area contributed by atoms with Crippen LogP contribution in [-0.2, 0) is 0 Å². The van der Waals surface area contributed by atoms with E-state index in [1.807, 2.05) is 30.3 Å². The van der Waals surface area contributed by atoms with Crippen molar-refractivity contribution in [3.05, 3.63) is 176 Å². The Morgan fingerprint density at radius 1 is 0.314 bits per heavy atom. The van der Waals surface area contributed by atoms with Gasteiger partial charge in [0.05, 0.1) is 5.56 Å². The van der Waals surface area contributed by atoms with E-state index in [2.05, 4.69) is 146 Å². The average Bonchev–Trinajstić information content (AvgIpc) is 3.59. The van der Waals surface area contributed by atoms with Crippen molar-refractivity contribution in [2.24, 2.45) is 0 Å². The standard InChI is InChI=1S/C47H29N3O/c1-3-20-36-30(12-1)14-9-23-38(36)32-16-7-18-34(28-32)45-48-46(35-19-8-17-33(29-35)39-24-10-15-31-13-2-4-21-37(31)39)50-47(49-45)42-26-11-25-41-40-22-5-6-27-43(40)51-44(41)42/h1-29H. The summed E-state index contributed by atoms with van der Waals surface area (Å²) in [5.41, 5.74) is 8.77. The van der Waals surface area contributed by atoms with Gasteiger partial charge in [-0.15, -0.1) is 0 Å². The van der Waals surface area contributed by atoms with Gasteiger partial charge < -0.3 is 4.42 Å². The molecule has 0 aliphatic rings. The van der Waals surface area contributed by atoms with Crippen LogP contribution in [0, 0.1) is 0 Å². The summed E-state index contributed by atoms with van der Waals surface area (Å²) < 4.78 is 6.46. The van der Waals surface area contributed by atoms with E-state index < -0.39 is 0 Å². The summed E-state index contributed by atoms with van der Waals surface area (Å²) in [5, 5.41) is 6.91. The number of hydrogen-bond donors (Lipinski definition) is 0. The molecule has 238 valence electrons. The zero-order valence-electron chi connectivity index (χ0n) is 27.5. The lowest BCUT2D eigenvalue weighted by molar-refractivity contribution is 0.669. The minimum absolute atomic E-state index is 0.561. The number of rotatable bonds is 5. The first-order valence-corrected chi connectivity index (χ1v) is 17.1. The van der Waals surface area contributed by atoms with Crippen molar-refractivity contribution in [1.82, 2.24) is 15.0 Å². The molecular formula is C47H29N3O. The van der Waals surface area contributed by atoms with E-state index in [4.69, 9.17) is 19.4 Å². The van der Waals surface area contributed by atoms with Gasteiger partial charge in [0, 0.05) is 21.9 Å². The van der Waals surface area contributed by atoms with Crippen molar-refractivity contribution in [3.63, 3.8) is 0 Å². The molecule has 0 atom stereocenters. The van der Waals surface area contributed by atoms with Crippen molar-refractivity contribution in [3.8, 4) is 56.4 Å². The Hall–Kier alpha value is -6.91. The molecule has 0 spiro atoms. The van der Waals surface area contributed by atoms with Crippen LogP contribution < -0.4 is 0 Å². The van der Waals surface area contributed by atoms with Gasteiger partial charge in [-0.1, -0.05) is 152 Å². The molecule has 51 heavy (non-hydrogen) atoms. The smallest absolute Gasteiger partial charge is 0.167 e. The molecule has 10 aromatic rings. The molecule has 4 heteroatoms. The number of hydrogen-bond acceptors (Lipinski definition) is 4. The van der Waals surface area contributed by atoms with Crippen molar-refractivity contribution >= 4 is 43.5 Å². The number of fused-ring (bicyclic) bond motifs is 5. The van der Waals surface area contributed by atoms with E-state index >= 15 is 0 Å². The van der Waals surface area contributed by atoms with Gasteiger partial charge in [0.25, 0.3) is 0 Å². The molecule has 10 rings (SSSR count). The summed E-state index contributed by atoms with van der Waals surface area (Å²) >= 11 is 0. The second-order valence-electron chi connectivity index (χ2n) is 12.8.